The first-order chi connectivity index (χ1) is 10.7. The summed E-state index contributed by atoms with van der Waals surface area (Å²) in [5, 5.41) is 3.70. The molecule has 0 aliphatic carbocycles. The van der Waals surface area contributed by atoms with Crippen molar-refractivity contribution in [3.05, 3.63) is 36.5 Å². The Morgan fingerprint density at radius 3 is 2.48 bits per heavy atom. The summed E-state index contributed by atoms with van der Waals surface area (Å²) in [7, 11) is 0. The Kier molecular flexibility index (Phi) is 7.58. The van der Waals surface area contributed by atoms with E-state index in [1.165, 1.54) is 11.8 Å². The van der Waals surface area contributed by atoms with Crippen molar-refractivity contribution in [1.29, 1.82) is 0 Å². The number of hydrogen-bond donors (Lipinski definition) is 1. The standard InChI is InChI=1S/C16H23ClN4OS/c1-6-8-21(9-7-2)13-10-12(17)18-15(19-13)23-11-14(22)20-16(3,4)5/h6-7,10H,1-2,8-9,11H2,3-5H3,(H,20,22). The largest absolute Gasteiger partial charge is 0.351 e. The van der Waals surface area contributed by atoms with E-state index in [1.807, 2.05) is 25.7 Å². The van der Waals surface area contributed by atoms with Crippen LogP contribution < -0.4 is 10.2 Å². The minimum absolute atomic E-state index is 0.0679. The fourth-order valence-corrected chi connectivity index (χ4v) is 2.65. The van der Waals surface area contributed by atoms with Crippen LogP contribution in [0.4, 0.5) is 5.82 Å². The monoisotopic (exact) mass is 354 g/mol. The molecule has 0 fully saturated rings. The van der Waals surface area contributed by atoms with Gasteiger partial charge in [0.15, 0.2) is 5.16 Å². The summed E-state index contributed by atoms with van der Waals surface area (Å²) in [6.07, 6.45) is 3.56. The molecule has 1 N–H and O–H groups in total. The molecule has 1 heterocycles. The van der Waals surface area contributed by atoms with Crippen LogP contribution in [-0.4, -0.2) is 40.3 Å². The molecule has 1 aromatic heterocycles. The number of carbonyl (C=O) groups excluding carboxylic acids is 1. The van der Waals surface area contributed by atoms with Gasteiger partial charge in [-0.15, -0.1) is 13.2 Å². The summed E-state index contributed by atoms with van der Waals surface area (Å²) in [5.74, 6) is 0.852. The molecule has 0 radical (unpaired) electrons. The van der Waals surface area contributed by atoms with E-state index in [9.17, 15) is 4.79 Å². The van der Waals surface area contributed by atoms with Gasteiger partial charge in [0.25, 0.3) is 0 Å². The van der Waals surface area contributed by atoms with Gasteiger partial charge in [0.2, 0.25) is 5.91 Å². The number of carbonyl (C=O) groups is 1. The lowest BCUT2D eigenvalue weighted by Crippen LogP contribution is -2.41. The number of rotatable bonds is 8. The van der Waals surface area contributed by atoms with Crippen molar-refractivity contribution in [2.24, 2.45) is 0 Å². The Hall–Kier alpha value is -1.53. The van der Waals surface area contributed by atoms with Crippen LogP contribution in [0, 0.1) is 0 Å². The van der Waals surface area contributed by atoms with E-state index in [-0.39, 0.29) is 17.2 Å². The van der Waals surface area contributed by atoms with Crippen LogP contribution in [0.2, 0.25) is 5.15 Å². The predicted molar refractivity (Wildman–Crippen MR) is 98.3 cm³/mol. The molecule has 23 heavy (non-hydrogen) atoms. The molecule has 0 unspecified atom stereocenters. The number of hydrogen-bond acceptors (Lipinski definition) is 5. The Morgan fingerprint density at radius 2 is 1.96 bits per heavy atom. The number of nitrogens with one attached hydrogen (secondary N) is 1. The molecule has 0 aromatic carbocycles. The quantitative estimate of drug-likeness (QED) is 0.336. The van der Waals surface area contributed by atoms with Crippen LogP contribution in [0.3, 0.4) is 0 Å². The van der Waals surface area contributed by atoms with Crippen LogP contribution in [0.15, 0.2) is 36.5 Å². The van der Waals surface area contributed by atoms with Gasteiger partial charge in [-0.2, -0.15) is 0 Å². The molecule has 1 amide bonds. The fraction of sp³-hybridized carbons (Fsp3) is 0.438. The van der Waals surface area contributed by atoms with E-state index in [0.29, 0.717) is 29.2 Å². The third kappa shape index (κ3) is 7.52. The maximum Gasteiger partial charge on any atom is 0.230 e. The fourth-order valence-electron chi connectivity index (χ4n) is 1.77. The van der Waals surface area contributed by atoms with Gasteiger partial charge < -0.3 is 10.2 Å². The summed E-state index contributed by atoms with van der Waals surface area (Å²) >= 11 is 7.33. The highest BCUT2D eigenvalue weighted by Crippen LogP contribution is 2.22. The lowest BCUT2D eigenvalue weighted by molar-refractivity contribution is -0.119. The average molecular weight is 355 g/mol. The number of amides is 1. The molecule has 126 valence electrons. The normalized spacial score (nSPS) is 11.0. The summed E-state index contributed by atoms with van der Waals surface area (Å²) in [6, 6.07) is 1.69. The van der Waals surface area contributed by atoms with Gasteiger partial charge in [-0.1, -0.05) is 35.5 Å². The second kappa shape index (κ2) is 8.93. The highest BCUT2D eigenvalue weighted by Gasteiger charge is 2.15. The molecule has 1 rings (SSSR count). The summed E-state index contributed by atoms with van der Waals surface area (Å²) in [5.41, 5.74) is -0.261. The van der Waals surface area contributed by atoms with E-state index in [4.69, 9.17) is 11.6 Å². The second-order valence-electron chi connectivity index (χ2n) is 5.90. The van der Waals surface area contributed by atoms with E-state index in [1.54, 1.807) is 18.2 Å². The highest BCUT2D eigenvalue weighted by atomic mass is 35.5. The SMILES string of the molecule is C=CCN(CC=C)c1cc(Cl)nc(SCC(=O)NC(C)(C)C)n1. The van der Waals surface area contributed by atoms with Crippen molar-refractivity contribution >= 4 is 35.1 Å². The minimum Gasteiger partial charge on any atom is -0.351 e. The lowest BCUT2D eigenvalue weighted by Gasteiger charge is -2.21. The molecular formula is C16H23ClN4OS. The van der Waals surface area contributed by atoms with E-state index >= 15 is 0 Å². The van der Waals surface area contributed by atoms with Crippen LogP contribution in [0.1, 0.15) is 20.8 Å². The van der Waals surface area contributed by atoms with Crippen molar-refractivity contribution in [2.75, 3.05) is 23.7 Å². The van der Waals surface area contributed by atoms with Gasteiger partial charge in [-0.25, -0.2) is 9.97 Å². The van der Waals surface area contributed by atoms with Crippen molar-refractivity contribution in [2.45, 2.75) is 31.5 Å². The maximum atomic E-state index is 11.9. The number of thioether (sulfide) groups is 1. The summed E-state index contributed by atoms with van der Waals surface area (Å²) in [4.78, 5) is 22.5. The van der Waals surface area contributed by atoms with Crippen molar-refractivity contribution < 1.29 is 4.79 Å². The van der Waals surface area contributed by atoms with Gasteiger partial charge in [-0.05, 0) is 20.8 Å². The van der Waals surface area contributed by atoms with Gasteiger partial charge >= 0.3 is 0 Å². The molecule has 0 spiro atoms. The molecule has 0 saturated carbocycles. The van der Waals surface area contributed by atoms with Gasteiger partial charge in [0, 0.05) is 24.7 Å². The Bertz CT molecular complexity index is 562. The third-order valence-electron chi connectivity index (χ3n) is 2.53. The van der Waals surface area contributed by atoms with Crippen molar-refractivity contribution in [3.63, 3.8) is 0 Å². The van der Waals surface area contributed by atoms with Crippen LogP contribution in [0.25, 0.3) is 0 Å². The van der Waals surface area contributed by atoms with E-state index < -0.39 is 0 Å². The smallest absolute Gasteiger partial charge is 0.230 e. The van der Waals surface area contributed by atoms with E-state index in [2.05, 4.69) is 28.4 Å². The zero-order chi connectivity index (χ0) is 17.5. The zero-order valence-electron chi connectivity index (χ0n) is 13.8. The topological polar surface area (TPSA) is 58.1 Å². The number of halogens is 1. The summed E-state index contributed by atoms with van der Waals surface area (Å²) in [6.45, 7) is 14.5. The molecular weight excluding hydrogens is 332 g/mol. The van der Waals surface area contributed by atoms with Crippen molar-refractivity contribution in [3.8, 4) is 0 Å². The first kappa shape index (κ1) is 19.5. The van der Waals surface area contributed by atoms with Gasteiger partial charge in [0.1, 0.15) is 11.0 Å². The predicted octanol–water partition coefficient (Wildman–Crippen LogP) is 3.32. The molecule has 5 nitrogen and oxygen atoms in total. The second-order valence-corrected chi connectivity index (χ2v) is 7.23. The third-order valence-corrected chi connectivity index (χ3v) is 3.57. The van der Waals surface area contributed by atoms with Crippen molar-refractivity contribution in [1.82, 2.24) is 15.3 Å². The van der Waals surface area contributed by atoms with Gasteiger partial charge in [-0.3, -0.25) is 4.79 Å². The Labute approximate surface area is 147 Å². The highest BCUT2D eigenvalue weighted by molar-refractivity contribution is 7.99. The molecule has 0 atom stereocenters. The zero-order valence-corrected chi connectivity index (χ0v) is 15.4. The molecule has 0 saturated heterocycles. The first-order valence-corrected chi connectivity index (χ1v) is 8.56. The van der Waals surface area contributed by atoms with Crippen LogP contribution >= 0.6 is 23.4 Å². The molecule has 7 heteroatoms. The Morgan fingerprint density at radius 1 is 1.35 bits per heavy atom. The first-order valence-electron chi connectivity index (χ1n) is 7.20. The van der Waals surface area contributed by atoms with Gasteiger partial charge in [0.05, 0.1) is 5.75 Å². The lowest BCUT2D eigenvalue weighted by atomic mass is 10.1. The minimum atomic E-state index is -0.261. The molecule has 1 aromatic rings. The molecule has 0 aliphatic rings. The molecule has 0 aliphatic heterocycles. The number of nitrogens with zero attached hydrogens (tertiary/aromatic N) is 3. The Balaban J connectivity index is 2.82. The van der Waals surface area contributed by atoms with Crippen LogP contribution in [0.5, 0.6) is 0 Å². The molecule has 0 bridgehead atoms. The number of aromatic nitrogens is 2. The van der Waals surface area contributed by atoms with E-state index in [0.717, 1.165) is 0 Å². The number of anilines is 1. The average Bonchev–Trinajstić information content (AvgIpc) is 2.42. The maximum absolute atomic E-state index is 11.9. The van der Waals surface area contributed by atoms with Crippen LogP contribution in [-0.2, 0) is 4.79 Å². The summed E-state index contributed by atoms with van der Waals surface area (Å²) < 4.78 is 0.